The number of fused-ring (bicyclic) bond motifs is 6. The summed E-state index contributed by atoms with van der Waals surface area (Å²) >= 11 is 6.37. The number of carbonyl (C=O) groups excluding carboxylic acids is 2. The zero-order valence-electron chi connectivity index (χ0n) is 26.9. The normalized spacial score (nSPS) is 15.1. The summed E-state index contributed by atoms with van der Waals surface area (Å²) in [6, 6.07) is 17.9. The Balaban J connectivity index is 0.000000376. The van der Waals surface area contributed by atoms with Gasteiger partial charge in [0.2, 0.25) is 16.0 Å². The van der Waals surface area contributed by atoms with Gasteiger partial charge in [0.05, 0.1) is 19.1 Å². The van der Waals surface area contributed by atoms with Gasteiger partial charge < -0.3 is 20.3 Å². The van der Waals surface area contributed by atoms with Crippen molar-refractivity contribution in [2.75, 3.05) is 54.6 Å². The third-order valence-corrected chi connectivity index (χ3v) is 9.16. The predicted octanol–water partition coefficient (Wildman–Crippen LogP) is 5.94. The highest BCUT2D eigenvalue weighted by Gasteiger charge is 2.54. The molecule has 0 unspecified atom stereocenters. The van der Waals surface area contributed by atoms with Crippen molar-refractivity contribution in [3.63, 3.8) is 0 Å². The maximum absolute atomic E-state index is 11.8. The highest BCUT2D eigenvalue weighted by Crippen LogP contribution is 2.31. The number of benzene rings is 2. The molecule has 2 aliphatic rings. The molecule has 0 saturated carbocycles. The zero-order valence-corrected chi connectivity index (χ0v) is 28.5. The van der Waals surface area contributed by atoms with E-state index in [9.17, 15) is 44.3 Å². The first-order valence-electron chi connectivity index (χ1n) is 15.2. The van der Waals surface area contributed by atoms with Gasteiger partial charge in [-0.3, -0.25) is 9.59 Å². The van der Waals surface area contributed by atoms with Crippen LogP contribution in [0.25, 0.3) is 11.1 Å². The number of aromatic nitrogens is 3. The second-order valence-electron chi connectivity index (χ2n) is 11.4. The van der Waals surface area contributed by atoms with Crippen LogP contribution in [-0.4, -0.2) is 90.6 Å². The van der Waals surface area contributed by atoms with Gasteiger partial charge in [-0.15, -0.1) is 0 Å². The molecule has 20 heteroatoms. The molecular formula is C32H28ClF6N7O5S. The van der Waals surface area contributed by atoms with E-state index in [4.69, 9.17) is 21.3 Å². The van der Waals surface area contributed by atoms with Gasteiger partial charge in [0.25, 0.3) is 0 Å². The smallest absolute Gasteiger partial charge is 0.458 e. The highest BCUT2D eigenvalue weighted by atomic mass is 35.5. The number of nitrogens with zero attached hydrogens (tertiary/aromatic N) is 5. The maximum atomic E-state index is 11.8. The number of ketones is 2. The molecule has 1 fully saturated rings. The summed E-state index contributed by atoms with van der Waals surface area (Å²) in [6.45, 7) is 2.62. The van der Waals surface area contributed by atoms with E-state index in [2.05, 4.69) is 37.6 Å². The Morgan fingerprint density at radius 1 is 0.827 bits per heavy atom. The molecule has 4 aromatic rings. The number of anilines is 5. The molecule has 4 heterocycles. The van der Waals surface area contributed by atoms with Crippen LogP contribution in [0.15, 0.2) is 67.0 Å². The van der Waals surface area contributed by atoms with Crippen LogP contribution in [0, 0.1) is 0 Å². The Morgan fingerprint density at radius 3 is 2.13 bits per heavy atom. The summed E-state index contributed by atoms with van der Waals surface area (Å²) in [4.78, 5) is 35.0. The van der Waals surface area contributed by atoms with Gasteiger partial charge in [-0.2, -0.15) is 35.6 Å². The van der Waals surface area contributed by atoms with Crippen molar-refractivity contribution in [1.82, 2.24) is 19.3 Å². The fourth-order valence-corrected chi connectivity index (χ4v) is 6.02. The minimum absolute atomic E-state index is 0.405. The molecule has 1 saturated heterocycles. The van der Waals surface area contributed by atoms with E-state index in [0.717, 1.165) is 39.6 Å². The maximum Gasteiger partial charge on any atom is 0.458 e. The van der Waals surface area contributed by atoms with Gasteiger partial charge in [-0.1, -0.05) is 23.7 Å². The number of hydrogen-bond acceptors (Lipinski definition) is 11. The lowest BCUT2D eigenvalue weighted by molar-refractivity contribution is -0.193. The van der Waals surface area contributed by atoms with Crippen LogP contribution in [0.2, 0.25) is 5.02 Å². The first-order valence-corrected chi connectivity index (χ1v) is 17.4. The lowest BCUT2D eigenvalue weighted by Crippen LogP contribution is -2.48. The van der Waals surface area contributed by atoms with Crippen molar-refractivity contribution in [3.8, 4) is 16.9 Å². The number of hydrogen-bond donors (Lipinski definition) is 2. The number of nitrogens with one attached hydrogen (secondary N) is 2. The highest BCUT2D eigenvalue weighted by molar-refractivity contribution is 7.88. The first-order chi connectivity index (χ1) is 24.4. The molecule has 0 atom stereocenters. The Morgan fingerprint density at radius 2 is 1.52 bits per heavy atom. The number of pyridine rings is 1. The van der Waals surface area contributed by atoms with Crippen LogP contribution in [-0.2, 0) is 26.0 Å². The molecule has 52 heavy (non-hydrogen) atoms. The Bertz CT molecular complexity index is 2040. The lowest BCUT2D eigenvalue weighted by atomic mass is 10.0. The molecule has 2 N–H and O–H groups in total. The first kappa shape index (κ1) is 38.2. The Hall–Kier alpha value is -5.01. The lowest BCUT2D eigenvalue weighted by Gasteiger charge is -2.34. The number of rotatable bonds is 4. The largest absolute Gasteiger partial charge is 0.493 e. The summed E-state index contributed by atoms with van der Waals surface area (Å²) in [5.74, 6) is -4.33. The van der Waals surface area contributed by atoms with E-state index in [-0.39, 0.29) is 0 Å². The molecule has 2 aromatic heterocycles. The average molecular weight is 772 g/mol. The molecule has 6 rings (SSSR count). The summed E-state index contributed by atoms with van der Waals surface area (Å²) in [5.41, 5.74) is 4.67. The molecule has 0 spiro atoms. The fourth-order valence-electron chi connectivity index (χ4n) is 5.06. The number of piperazine rings is 1. The molecule has 0 aliphatic carbocycles. The summed E-state index contributed by atoms with van der Waals surface area (Å²) in [6.07, 6.45) is -6.18. The minimum Gasteiger partial charge on any atom is -0.493 e. The van der Waals surface area contributed by atoms with Gasteiger partial charge in [-0.05, 0) is 47.5 Å². The van der Waals surface area contributed by atoms with Crippen LogP contribution >= 0.6 is 11.6 Å². The molecule has 6 bridgehead atoms. The summed E-state index contributed by atoms with van der Waals surface area (Å²) < 4.78 is 98.2. The Labute approximate surface area is 297 Å². The van der Waals surface area contributed by atoms with E-state index in [1.54, 1.807) is 6.20 Å². The molecule has 0 amide bonds. The topological polar surface area (TPSA) is 147 Å². The number of carbonyl (C=O) groups is 2. The molecule has 2 aliphatic heterocycles. The Kier molecular flexibility index (Phi) is 11.3. The van der Waals surface area contributed by atoms with Crippen LogP contribution in [0.4, 0.5) is 55.3 Å². The molecule has 276 valence electrons. The molecule has 2 aromatic carbocycles. The second kappa shape index (κ2) is 15.3. The van der Waals surface area contributed by atoms with Crippen LogP contribution in [0.1, 0.15) is 5.56 Å². The standard InChI is InChI=1S/C28H28ClN7O3S.C4F6O2/c1-40(37,38)36-10-8-35(9-11-36)26-6-5-20(17-30-26)21-13-19-7-12-39-24-4-2-3-22(16-24)32-27-25(29)18-31-28(34-27)33-23(14-19)15-21;5-3(6,7)1(11)2(12)4(8,9)10/h2-6,13-18H,7-12H2,1H3,(H2,31,32,33,34);. The molecule has 12 nitrogen and oxygen atoms in total. The predicted molar refractivity (Wildman–Crippen MR) is 180 cm³/mol. The van der Waals surface area contributed by atoms with E-state index in [1.807, 2.05) is 48.7 Å². The number of halogens is 7. The van der Waals surface area contributed by atoms with E-state index < -0.39 is 33.9 Å². The van der Waals surface area contributed by atoms with Crippen molar-refractivity contribution in [3.05, 3.63) is 77.6 Å². The van der Waals surface area contributed by atoms with Gasteiger partial charge in [0.15, 0.2) is 5.82 Å². The van der Waals surface area contributed by atoms with Crippen molar-refractivity contribution in [2.24, 2.45) is 0 Å². The van der Waals surface area contributed by atoms with E-state index in [0.29, 0.717) is 56.0 Å². The number of ether oxygens (including phenoxy) is 1. The van der Waals surface area contributed by atoms with Gasteiger partial charge in [-0.25, -0.2) is 18.4 Å². The van der Waals surface area contributed by atoms with Gasteiger partial charge in [0, 0.05) is 61.8 Å². The van der Waals surface area contributed by atoms with E-state index in [1.165, 1.54) is 10.6 Å². The van der Waals surface area contributed by atoms with Crippen LogP contribution in [0.3, 0.4) is 0 Å². The third-order valence-electron chi connectivity index (χ3n) is 7.58. The van der Waals surface area contributed by atoms with Gasteiger partial charge in [0.1, 0.15) is 16.6 Å². The SMILES string of the molecule is CS(=O)(=O)N1CCN(c2ccc(-c3cc4cc(c3)Nc3ncc(Cl)c(n3)Nc3cccc(c3)OCC4)cn2)CC1.O=C(C(=O)C(F)(F)F)C(F)(F)F. The summed E-state index contributed by atoms with van der Waals surface area (Å²) in [7, 11) is -3.18. The number of sulfonamides is 1. The minimum atomic E-state index is -5.77. The van der Waals surface area contributed by atoms with Crippen LogP contribution < -0.4 is 20.3 Å². The summed E-state index contributed by atoms with van der Waals surface area (Å²) in [5, 5.41) is 6.97. The van der Waals surface area contributed by atoms with Crippen molar-refractivity contribution in [2.45, 2.75) is 18.8 Å². The van der Waals surface area contributed by atoms with Gasteiger partial charge >= 0.3 is 23.9 Å². The molecular weight excluding hydrogens is 744 g/mol. The quantitative estimate of drug-likeness (QED) is 0.188. The third kappa shape index (κ3) is 9.86. The van der Waals surface area contributed by atoms with E-state index >= 15 is 0 Å². The van der Waals surface area contributed by atoms with Crippen molar-refractivity contribution in [1.29, 1.82) is 0 Å². The monoisotopic (exact) mass is 771 g/mol. The number of alkyl halides is 6. The zero-order chi connectivity index (χ0) is 37.8. The van der Waals surface area contributed by atoms with Crippen molar-refractivity contribution >= 4 is 62.1 Å². The second-order valence-corrected chi connectivity index (χ2v) is 13.8. The number of Topliss-reactive ketones (excluding diaryl/α,β-unsaturated/α-hetero) is 2. The van der Waals surface area contributed by atoms with Crippen molar-refractivity contribution < 1.29 is 49.1 Å². The van der Waals surface area contributed by atoms with Crippen LogP contribution in [0.5, 0.6) is 5.75 Å². The average Bonchev–Trinajstić information content (AvgIpc) is 3.08. The molecule has 0 radical (unpaired) electrons. The fraction of sp³-hybridized carbons (Fsp3) is 0.281.